The number of hydrogen-bond acceptors (Lipinski definition) is 4. The number of nitrogens with two attached hydrogens (primary N) is 1. The first-order chi connectivity index (χ1) is 8.28. The van der Waals surface area contributed by atoms with E-state index in [9.17, 15) is 0 Å². The van der Waals surface area contributed by atoms with Gasteiger partial charge in [-0.05, 0) is 23.8 Å². The van der Waals surface area contributed by atoms with Crippen molar-refractivity contribution in [1.29, 1.82) is 5.26 Å². The molecule has 0 aliphatic heterocycles. The van der Waals surface area contributed by atoms with Gasteiger partial charge in [-0.1, -0.05) is 12.1 Å². The molecule has 0 spiro atoms. The SMILES string of the molecule is N#CCc1ccc(Nc2ccnc(N)c2)cc1. The van der Waals surface area contributed by atoms with Crippen molar-refractivity contribution < 1.29 is 0 Å². The Labute approximate surface area is 99.7 Å². The van der Waals surface area contributed by atoms with Crippen molar-refractivity contribution in [1.82, 2.24) is 4.98 Å². The summed E-state index contributed by atoms with van der Waals surface area (Å²) in [5.74, 6) is 0.483. The van der Waals surface area contributed by atoms with E-state index in [2.05, 4.69) is 16.4 Å². The van der Waals surface area contributed by atoms with E-state index < -0.39 is 0 Å². The highest BCUT2D eigenvalue weighted by Crippen LogP contribution is 2.17. The Bertz CT molecular complexity index is 540. The van der Waals surface area contributed by atoms with Gasteiger partial charge < -0.3 is 11.1 Å². The zero-order chi connectivity index (χ0) is 12.1. The first-order valence-corrected chi connectivity index (χ1v) is 5.22. The summed E-state index contributed by atoms with van der Waals surface area (Å²) in [5, 5.41) is 11.8. The van der Waals surface area contributed by atoms with Crippen LogP contribution in [0.25, 0.3) is 0 Å². The van der Waals surface area contributed by atoms with Gasteiger partial charge in [-0.3, -0.25) is 0 Å². The van der Waals surface area contributed by atoms with Crippen LogP contribution >= 0.6 is 0 Å². The van der Waals surface area contributed by atoms with Gasteiger partial charge in [-0.2, -0.15) is 5.26 Å². The van der Waals surface area contributed by atoms with Crippen LogP contribution in [0.4, 0.5) is 17.2 Å². The van der Waals surface area contributed by atoms with Gasteiger partial charge in [-0.15, -0.1) is 0 Å². The molecule has 1 heterocycles. The minimum absolute atomic E-state index is 0.433. The third kappa shape index (κ3) is 2.95. The lowest BCUT2D eigenvalue weighted by atomic mass is 10.1. The largest absolute Gasteiger partial charge is 0.384 e. The Morgan fingerprint density at radius 1 is 1.18 bits per heavy atom. The molecule has 84 valence electrons. The lowest BCUT2D eigenvalue weighted by Crippen LogP contribution is -1.94. The van der Waals surface area contributed by atoms with Crippen LogP contribution in [0.1, 0.15) is 5.56 Å². The lowest BCUT2D eigenvalue weighted by molar-refractivity contribution is 1.26. The van der Waals surface area contributed by atoms with Gasteiger partial charge in [0.2, 0.25) is 0 Å². The van der Waals surface area contributed by atoms with E-state index in [1.807, 2.05) is 30.3 Å². The Hall–Kier alpha value is -2.54. The van der Waals surface area contributed by atoms with E-state index >= 15 is 0 Å². The molecule has 0 fully saturated rings. The van der Waals surface area contributed by atoms with Crippen molar-refractivity contribution in [2.24, 2.45) is 0 Å². The zero-order valence-electron chi connectivity index (χ0n) is 9.22. The van der Waals surface area contributed by atoms with E-state index in [-0.39, 0.29) is 0 Å². The molecule has 3 N–H and O–H groups in total. The molecule has 0 radical (unpaired) electrons. The molecule has 2 aromatic rings. The van der Waals surface area contributed by atoms with Crippen LogP contribution in [0.3, 0.4) is 0 Å². The summed E-state index contributed by atoms with van der Waals surface area (Å²) in [5.41, 5.74) is 8.45. The second kappa shape index (κ2) is 4.99. The third-order valence-corrected chi connectivity index (χ3v) is 2.31. The quantitative estimate of drug-likeness (QED) is 0.839. The number of nitrogens with one attached hydrogen (secondary N) is 1. The van der Waals surface area contributed by atoms with Gasteiger partial charge in [-0.25, -0.2) is 4.98 Å². The summed E-state index contributed by atoms with van der Waals surface area (Å²) in [7, 11) is 0. The van der Waals surface area contributed by atoms with Crippen LogP contribution in [0.2, 0.25) is 0 Å². The maximum absolute atomic E-state index is 8.57. The fourth-order valence-corrected chi connectivity index (χ4v) is 1.49. The fraction of sp³-hybridized carbons (Fsp3) is 0.0769. The van der Waals surface area contributed by atoms with Crippen molar-refractivity contribution in [3.05, 3.63) is 48.2 Å². The predicted octanol–water partition coefficient (Wildman–Crippen LogP) is 2.47. The molecule has 0 saturated carbocycles. The number of benzene rings is 1. The molecule has 0 atom stereocenters. The first-order valence-electron chi connectivity index (χ1n) is 5.22. The highest BCUT2D eigenvalue weighted by atomic mass is 14.9. The van der Waals surface area contributed by atoms with Crippen molar-refractivity contribution in [3.63, 3.8) is 0 Å². The summed E-state index contributed by atoms with van der Waals surface area (Å²) >= 11 is 0. The Morgan fingerprint density at radius 2 is 1.94 bits per heavy atom. The number of pyridine rings is 1. The van der Waals surface area contributed by atoms with Crippen LogP contribution in [0.15, 0.2) is 42.6 Å². The number of aromatic nitrogens is 1. The minimum atomic E-state index is 0.433. The summed E-state index contributed by atoms with van der Waals surface area (Å²) in [6.45, 7) is 0. The predicted molar refractivity (Wildman–Crippen MR) is 67.7 cm³/mol. The van der Waals surface area contributed by atoms with E-state index in [1.165, 1.54) is 0 Å². The van der Waals surface area contributed by atoms with Crippen molar-refractivity contribution in [2.75, 3.05) is 11.1 Å². The third-order valence-electron chi connectivity index (χ3n) is 2.31. The lowest BCUT2D eigenvalue weighted by Gasteiger charge is -2.06. The second-order valence-electron chi connectivity index (χ2n) is 3.63. The van der Waals surface area contributed by atoms with E-state index in [4.69, 9.17) is 11.0 Å². The van der Waals surface area contributed by atoms with Gasteiger partial charge in [0.05, 0.1) is 12.5 Å². The molecule has 0 aliphatic rings. The minimum Gasteiger partial charge on any atom is -0.384 e. The first kappa shape index (κ1) is 11.0. The van der Waals surface area contributed by atoms with Gasteiger partial charge in [0.1, 0.15) is 5.82 Å². The number of nitrogens with zero attached hydrogens (tertiary/aromatic N) is 2. The van der Waals surface area contributed by atoms with Crippen LogP contribution in [0, 0.1) is 11.3 Å². The van der Waals surface area contributed by atoms with Crippen LogP contribution < -0.4 is 11.1 Å². The summed E-state index contributed by atoms with van der Waals surface area (Å²) in [4.78, 5) is 3.92. The highest BCUT2D eigenvalue weighted by Gasteiger charge is 1.96. The smallest absolute Gasteiger partial charge is 0.125 e. The van der Waals surface area contributed by atoms with E-state index in [0.717, 1.165) is 16.9 Å². The van der Waals surface area contributed by atoms with E-state index in [0.29, 0.717) is 12.2 Å². The monoisotopic (exact) mass is 224 g/mol. The summed E-state index contributed by atoms with van der Waals surface area (Å²) < 4.78 is 0. The Kier molecular flexibility index (Phi) is 3.22. The molecule has 1 aromatic heterocycles. The molecule has 0 bridgehead atoms. The Morgan fingerprint density at radius 3 is 2.59 bits per heavy atom. The van der Waals surface area contributed by atoms with Crippen LogP contribution in [-0.4, -0.2) is 4.98 Å². The normalized spacial score (nSPS) is 9.59. The molecular weight excluding hydrogens is 212 g/mol. The van der Waals surface area contributed by atoms with Gasteiger partial charge in [0.25, 0.3) is 0 Å². The summed E-state index contributed by atoms with van der Waals surface area (Å²) in [6, 6.07) is 13.5. The van der Waals surface area contributed by atoms with Gasteiger partial charge in [0.15, 0.2) is 0 Å². The average molecular weight is 224 g/mol. The van der Waals surface area contributed by atoms with Crippen LogP contribution in [0.5, 0.6) is 0 Å². The number of hydrogen-bond donors (Lipinski definition) is 2. The molecule has 0 aliphatic carbocycles. The molecule has 0 amide bonds. The van der Waals surface area contributed by atoms with Gasteiger partial charge in [0, 0.05) is 23.6 Å². The van der Waals surface area contributed by atoms with Crippen LogP contribution in [-0.2, 0) is 6.42 Å². The fourth-order valence-electron chi connectivity index (χ4n) is 1.49. The molecule has 2 rings (SSSR count). The second-order valence-corrected chi connectivity index (χ2v) is 3.63. The number of nitriles is 1. The zero-order valence-corrected chi connectivity index (χ0v) is 9.22. The molecular formula is C13H12N4. The van der Waals surface area contributed by atoms with Gasteiger partial charge >= 0.3 is 0 Å². The topological polar surface area (TPSA) is 74.7 Å². The molecule has 1 aromatic carbocycles. The van der Waals surface area contributed by atoms with Crippen molar-refractivity contribution in [3.8, 4) is 6.07 Å². The summed E-state index contributed by atoms with van der Waals surface area (Å²) in [6.07, 6.45) is 2.09. The molecule has 0 saturated heterocycles. The molecule has 17 heavy (non-hydrogen) atoms. The standard InChI is InChI=1S/C13H12N4/c14-7-5-10-1-3-11(4-2-10)17-12-6-8-16-13(15)9-12/h1-4,6,8-9H,5H2,(H3,15,16,17). The molecule has 0 unspecified atom stereocenters. The maximum Gasteiger partial charge on any atom is 0.125 e. The maximum atomic E-state index is 8.57. The van der Waals surface area contributed by atoms with Crippen molar-refractivity contribution >= 4 is 17.2 Å². The molecule has 4 nitrogen and oxygen atoms in total. The number of rotatable bonds is 3. The van der Waals surface area contributed by atoms with Crippen molar-refractivity contribution in [2.45, 2.75) is 6.42 Å². The number of anilines is 3. The average Bonchev–Trinajstić information content (AvgIpc) is 2.32. The highest BCUT2D eigenvalue weighted by molar-refractivity contribution is 5.61. The number of nitrogen functional groups attached to an aromatic ring is 1. The molecule has 4 heteroatoms. The Balaban J connectivity index is 2.11. The van der Waals surface area contributed by atoms with E-state index in [1.54, 1.807) is 12.3 Å².